The van der Waals surface area contributed by atoms with Gasteiger partial charge in [0.2, 0.25) is 0 Å². The number of rotatable bonds is 4. The van der Waals surface area contributed by atoms with Crippen LogP contribution in [0.1, 0.15) is 10.4 Å². The van der Waals surface area contributed by atoms with E-state index in [1.807, 2.05) is 72.3 Å². The highest BCUT2D eigenvalue weighted by Crippen LogP contribution is 2.34. The van der Waals surface area contributed by atoms with Crippen LogP contribution in [0.2, 0.25) is 0 Å². The quantitative estimate of drug-likeness (QED) is 0.345. The van der Waals surface area contributed by atoms with Gasteiger partial charge < -0.3 is 4.57 Å². The maximum atomic E-state index is 12.8. The molecule has 1 aromatic heterocycles. The topological polar surface area (TPSA) is 77.5 Å². The highest BCUT2D eigenvalue weighted by molar-refractivity contribution is 7.13. The predicted octanol–water partition coefficient (Wildman–Crippen LogP) is 5.07. The van der Waals surface area contributed by atoms with E-state index in [0.717, 1.165) is 21.7 Å². The number of thiazole rings is 1. The van der Waals surface area contributed by atoms with Gasteiger partial charge >= 0.3 is 0 Å². The van der Waals surface area contributed by atoms with E-state index in [2.05, 4.69) is 4.99 Å². The van der Waals surface area contributed by atoms with Crippen molar-refractivity contribution >= 4 is 22.9 Å². The molecular formula is C23H17N3O3S. The summed E-state index contributed by atoms with van der Waals surface area (Å²) in [4.78, 5) is 29.2. The number of amides is 1. The SMILES string of the molecule is Cn1c(-c2ccccc2)c(-c2ccccc2)sc1=NC(=O)c1ccccc1[N+](=O)[O-]. The standard InChI is InChI=1S/C23H17N3O3S/c1-25-20(16-10-4-2-5-11-16)21(17-12-6-3-7-13-17)30-23(25)24-22(27)18-14-8-9-15-19(18)26(28)29/h2-15H,1H3. The Morgan fingerprint density at radius 3 is 2.10 bits per heavy atom. The molecule has 0 atom stereocenters. The van der Waals surface area contributed by atoms with Crippen LogP contribution < -0.4 is 4.80 Å². The monoisotopic (exact) mass is 415 g/mol. The Morgan fingerprint density at radius 2 is 1.47 bits per heavy atom. The second-order valence-electron chi connectivity index (χ2n) is 6.54. The van der Waals surface area contributed by atoms with Crippen molar-refractivity contribution < 1.29 is 9.72 Å². The van der Waals surface area contributed by atoms with Crippen molar-refractivity contribution in [2.24, 2.45) is 12.0 Å². The van der Waals surface area contributed by atoms with Crippen molar-refractivity contribution in [3.8, 4) is 21.7 Å². The normalized spacial score (nSPS) is 11.4. The van der Waals surface area contributed by atoms with Gasteiger partial charge in [-0.1, -0.05) is 84.1 Å². The zero-order valence-electron chi connectivity index (χ0n) is 16.1. The molecule has 0 unspecified atom stereocenters. The Bertz CT molecular complexity index is 1290. The van der Waals surface area contributed by atoms with E-state index >= 15 is 0 Å². The van der Waals surface area contributed by atoms with Gasteiger partial charge in [0, 0.05) is 13.1 Å². The van der Waals surface area contributed by atoms with Crippen LogP contribution in [0.15, 0.2) is 89.9 Å². The average Bonchev–Trinajstić information content (AvgIpc) is 3.10. The number of para-hydroxylation sites is 1. The largest absolute Gasteiger partial charge is 0.319 e. The zero-order valence-corrected chi connectivity index (χ0v) is 16.9. The smallest absolute Gasteiger partial charge is 0.286 e. The Hall–Kier alpha value is -3.84. The molecule has 6 nitrogen and oxygen atoms in total. The summed E-state index contributed by atoms with van der Waals surface area (Å²) < 4.78 is 1.86. The summed E-state index contributed by atoms with van der Waals surface area (Å²) in [7, 11) is 1.84. The molecule has 4 rings (SSSR count). The van der Waals surface area contributed by atoms with Crippen molar-refractivity contribution in [3.63, 3.8) is 0 Å². The number of nitrogens with zero attached hydrogens (tertiary/aromatic N) is 3. The first-order valence-corrected chi connectivity index (χ1v) is 10.0. The molecule has 7 heteroatoms. The molecule has 148 valence electrons. The minimum Gasteiger partial charge on any atom is -0.319 e. The van der Waals surface area contributed by atoms with Crippen molar-refractivity contribution in [2.75, 3.05) is 0 Å². The first-order chi connectivity index (χ1) is 14.6. The van der Waals surface area contributed by atoms with E-state index in [1.54, 1.807) is 6.07 Å². The number of nitro groups is 1. The first kappa shape index (κ1) is 19.5. The van der Waals surface area contributed by atoms with Gasteiger partial charge in [-0.3, -0.25) is 14.9 Å². The van der Waals surface area contributed by atoms with Gasteiger partial charge in [-0.2, -0.15) is 4.99 Å². The lowest BCUT2D eigenvalue weighted by Gasteiger charge is -2.07. The molecule has 0 aliphatic carbocycles. The minimum absolute atomic E-state index is 0.0292. The molecule has 1 heterocycles. The van der Waals surface area contributed by atoms with Gasteiger partial charge in [-0.15, -0.1) is 0 Å². The summed E-state index contributed by atoms with van der Waals surface area (Å²) in [5.41, 5.74) is 2.66. The van der Waals surface area contributed by atoms with Crippen molar-refractivity contribution in [1.29, 1.82) is 0 Å². The number of carbonyl (C=O) groups is 1. The van der Waals surface area contributed by atoms with E-state index in [4.69, 9.17) is 0 Å². The summed E-state index contributed by atoms with van der Waals surface area (Å²) in [5.74, 6) is -0.640. The fourth-order valence-electron chi connectivity index (χ4n) is 3.22. The Kier molecular flexibility index (Phi) is 5.36. The summed E-state index contributed by atoms with van der Waals surface area (Å²) in [6.45, 7) is 0. The lowest BCUT2D eigenvalue weighted by molar-refractivity contribution is -0.385. The van der Waals surface area contributed by atoms with E-state index in [0.29, 0.717) is 4.80 Å². The van der Waals surface area contributed by atoms with E-state index in [9.17, 15) is 14.9 Å². The third kappa shape index (κ3) is 3.70. The van der Waals surface area contributed by atoms with E-state index in [-0.39, 0.29) is 11.3 Å². The number of nitro benzene ring substituents is 1. The van der Waals surface area contributed by atoms with Crippen LogP contribution in [-0.4, -0.2) is 15.4 Å². The van der Waals surface area contributed by atoms with Crippen LogP contribution in [-0.2, 0) is 7.05 Å². The molecule has 0 saturated heterocycles. The Balaban J connectivity index is 1.91. The third-order valence-electron chi connectivity index (χ3n) is 4.64. The number of hydrogen-bond acceptors (Lipinski definition) is 4. The van der Waals surface area contributed by atoms with Gasteiger partial charge in [-0.25, -0.2) is 0 Å². The van der Waals surface area contributed by atoms with Crippen molar-refractivity contribution in [3.05, 3.63) is 105 Å². The number of carbonyl (C=O) groups excluding carboxylic acids is 1. The molecule has 0 aliphatic heterocycles. The Labute approximate surface area is 176 Å². The maximum absolute atomic E-state index is 12.8. The summed E-state index contributed by atoms with van der Waals surface area (Å²) in [6.07, 6.45) is 0. The maximum Gasteiger partial charge on any atom is 0.286 e. The number of hydrogen-bond donors (Lipinski definition) is 0. The van der Waals surface area contributed by atoms with Crippen LogP contribution in [0, 0.1) is 10.1 Å². The number of aromatic nitrogens is 1. The summed E-state index contributed by atoms with van der Waals surface area (Å²) >= 11 is 1.38. The molecule has 0 bridgehead atoms. The minimum atomic E-state index is -0.640. The fourth-order valence-corrected chi connectivity index (χ4v) is 4.37. The molecule has 4 aromatic rings. The van der Waals surface area contributed by atoms with Crippen molar-refractivity contribution in [2.45, 2.75) is 0 Å². The lowest BCUT2D eigenvalue weighted by Crippen LogP contribution is -2.15. The molecule has 0 spiro atoms. The second-order valence-corrected chi connectivity index (χ2v) is 7.52. The van der Waals surface area contributed by atoms with E-state index in [1.165, 1.54) is 29.5 Å². The van der Waals surface area contributed by atoms with Gasteiger partial charge in [0.05, 0.1) is 15.5 Å². The molecule has 0 radical (unpaired) electrons. The van der Waals surface area contributed by atoms with Gasteiger partial charge in [-0.05, 0) is 17.2 Å². The first-order valence-electron chi connectivity index (χ1n) is 9.19. The lowest BCUT2D eigenvalue weighted by atomic mass is 10.1. The van der Waals surface area contributed by atoms with Crippen LogP contribution in [0.4, 0.5) is 5.69 Å². The van der Waals surface area contributed by atoms with Gasteiger partial charge in [0.1, 0.15) is 5.56 Å². The number of benzene rings is 3. The highest BCUT2D eigenvalue weighted by Gasteiger charge is 2.20. The molecule has 0 N–H and O–H groups in total. The highest BCUT2D eigenvalue weighted by atomic mass is 32.1. The van der Waals surface area contributed by atoms with E-state index < -0.39 is 10.8 Å². The summed E-state index contributed by atoms with van der Waals surface area (Å²) in [6, 6.07) is 25.6. The summed E-state index contributed by atoms with van der Waals surface area (Å²) in [5, 5.41) is 11.3. The van der Waals surface area contributed by atoms with Gasteiger partial charge in [0.15, 0.2) is 4.80 Å². The molecular weight excluding hydrogens is 398 g/mol. The molecule has 0 saturated carbocycles. The van der Waals surface area contributed by atoms with Gasteiger partial charge in [0.25, 0.3) is 11.6 Å². The van der Waals surface area contributed by atoms with Crippen LogP contribution in [0.5, 0.6) is 0 Å². The molecule has 0 aliphatic rings. The van der Waals surface area contributed by atoms with Crippen LogP contribution in [0.25, 0.3) is 21.7 Å². The zero-order chi connectivity index (χ0) is 21.1. The fraction of sp³-hybridized carbons (Fsp3) is 0.0435. The third-order valence-corrected chi connectivity index (χ3v) is 5.82. The van der Waals surface area contributed by atoms with Crippen molar-refractivity contribution in [1.82, 2.24) is 4.57 Å². The predicted molar refractivity (Wildman–Crippen MR) is 117 cm³/mol. The molecule has 30 heavy (non-hydrogen) atoms. The molecule has 1 amide bonds. The Morgan fingerprint density at radius 1 is 0.900 bits per heavy atom. The second kappa shape index (κ2) is 8.26. The molecule has 3 aromatic carbocycles. The molecule has 0 fully saturated rings. The average molecular weight is 415 g/mol. The van der Waals surface area contributed by atoms with Crippen LogP contribution in [0.3, 0.4) is 0 Å². The van der Waals surface area contributed by atoms with Crippen LogP contribution >= 0.6 is 11.3 Å².